The summed E-state index contributed by atoms with van der Waals surface area (Å²) in [5.41, 5.74) is 3.90. The molecule has 140 valence electrons. The molecule has 0 spiro atoms. The fraction of sp³-hybridized carbons (Fsp3) is 0.450. The highest BCUT2D eigenvalue weighted by Gasteiger charge is 2.14. The van der Waals surface area contributed by atoms with Crippen LogP contribution >= 0.6 is 0 Å². The lowest BCUT2D eigenvalue weighted by atomic mass is 10.1. The van der Waals surface area contributed by atoms with Crippen LogP contribution in [0.5, 0.6) is 5.75 Å². The van der Waals surface area contributed by atoms with Gasteiger partial charge in [0.15, 0.2) is 0 Å². The van der Waals surface area contributed by atoms with Crippen LogP contribution in [0.25, 0.3) is 0 Å². The minimum Gasteiger partial charge on any atom is -0.491 e. The minimum atomic E-state index is -0.123. The Bertz CT molecular complexity index is 757. The first-order valence-electron chi connectivity index (χ1n) is 8.83. The summed E-state index contributed by atoms with van der Waals surface area (Å²) in [5, 5.41) is 3.10. The van der Waals surface area contributed by atoms with Gasteiger partial charge in [-0.2, -0.15) is 0 Å². The van der Waals surface area contributed by atoms with Gasteiger partial charge in [0.1, 0.15) is 12.4 Å². The van der Waals surface area contributed by atoms with E-state index in [2.05, 4.69) is 41.3 Å². The Morgan fingerprint density at radius 1 is 1.15 bits per heavy atom. The van der Waals surface area contributed by atoms with Crippen LogP contribution in [0, 0.1) is 20.8 Å². The second-order valence-electron chi connectivity index (χ2n) is 6.82. The van der Waals surface area contributed by atoms with E-state index in [4.69, 9.17) is 4.74 Å². The predicted octanol–water partition coefficient (Wildman–Crippen LogP) is 3.37. The van der Waals surface area contributed by atoms with E-state index in [9.17, 15) is 4.79 Å². The Morgan fingerprint density at radius 2 is 1.77 bits per heavy atom. The summed E-state index contributed by atoms with van der Waals surface area (Å²) in [6.07, 6.45) is 3.10. The van der Waals surface area contributed by atoms with Gasteiger partial charge in [0, 0.05) is 25.5 Å². The van der Waals surface area contributed by atoms with Crippen molar-refractivity contribution in [3.8, 4) is 5.75 Å². The fourth-order valence-corrected chi connectivity index (χ4v) is 2.53. The molecule has 0 atom stereocenters. The Labute approximate surface area is 155 Å². The third kappa shape index (κ3) is 4.94. The first-order valence-corrected chi connectivity index (χ1v) is 8.83. The summed E-state index contributed by atoms with van der Waals surface area (Å²) in [6, 6.07) is 4.38. The Kier molecular flexibility index (Phi) is 6.55. The van der Waals surface area contributed by atoms with Crippen LogP contribution < -0.4 is 10.1 Å². The van der Waals surface area contributed by atoms with Crippen molar-refractivity contribution >= 4 is 11.9 Å². The molecule has 1 amide bonds. The zero-order valence-electron chi connectivity index (χ0n) is 16.5. The molecule has 1 aromatic carbocycles. The molecule has 26 heavy (non-hydrogen) atoms. The maximum absolute atomic E-state index is 12.5. The zero-order chi connectivity index (χ0) is 19.3. The summed E-state index contributed by atoms with van der Waals surface area (Å²) in [7, 11) is 1.75. The summed E-state index contributed by atoms with van der Waals surface area (Å²) in [6.45, 7) is 11.1. The lowest BCUT2D eigenvalue weighted by Gasteiger charge is -2.19. The van der Waals surface area contributed by atoms with Crippen LogP contribution in [-0.4, -0.2) is 47.0 Å². The number of hydrogen-bond donors (Lipinski definition) is 1. The highest BCUT2D eigenvalue weighted by Crippen LogP contribution is 2.25. The van der Waals surface area contributed by atoms with Gasteiger partial charge in [0.2, 0.25) is 5.95 Å². The average Bonchev–Trinajstić information content (AvgIpc) is 2.60. The predicted molar refractivity (Wildman–Crippen MR) is 104 cm³/mol. The number of carbonyl (C=O) groups excluding carboxylic acids is 1. The van der Waals surface area contributed by atoms with Crippen molar-refractivity contribution in [1.29, 1.82) is 0 Å². The average molecular weight is 356 g/mol. The largest absolute Gasteiger partial charge is 0.491 e. The summed E-state index contributed by atoms with van der Waals surface area (Å²) in [5.74, 6) is 1.30. The number of anilines is 1. The molecule has 6 heteroatoms. The van der Waals surface area contributed by atoms with Gasteiger partial charge < -0.3 is 15.0 Å². The number of amides is 1. The molecule has 1 N–H and O–H groups in total. The van der Waals surface area contributed by atoms with Crippen molar-refractivity contribution < 1.29 is 9.53 Å². The molecule has 2 rings (SSSR count). The number of likely N-dealkylation sites (N-methyl/N-ethyl adjacent to an activating group) is 1. The van der Waals surface area contributed by atoms with Crippen LogP contribution in [-0.2, 0) is 0 Å². The number of ether oxygens (including phenoxy) is 1. The molecular formula is C20H28N4O2. The van der Waals surface area contributed by atoms with Gasteiger partial charge in [-0.15, -0.1) is 0 Å². The number of nitrogens with zero attached hydrogens (tertiary/aromatic N) is 3. The van der Waals surface area contributed by atoms with Gasteiger partial charge in [0.25, 0.3) is 5.91 Å². The first kappa shape index (κ1) is 19.7. The quantitative estimate of drug-likeness (QED) is 0.824. The monoisotopic (exact) mass is 356 g/mol. The molecule has 0 fully saturated rings. The standard InChI is InChI=1S/C20H28N4O2/c1-13(2)23-20-21-11-17(12-22-20)19(25)24(6)9-10-26-18-15(4)8-7-14(3)16(18)5/h7-8,11-13H,9-10H2,1-6H3,(H,21,22,23). The van der Waals surface area contributed by atoms with Crippen molar-refractivity contribution in [3.63, 3.8) is 0 Å². The first-order chi connectivity index (χ1) is 12.3. The van der Waals surface area contributed by atoms with Crippen LogP contribution in [0.2, 0.25) is 0 Å². The number of rotatable bonds is 7. The van der Waals surface area contributed by atoms with Crippen molar-refractivity contribution in [3.05, 3.63) is 46.8 Å². The van der Waals surface area contributed by atoms with E-state index < -0.39 is 0 Å². The number of aromatic nitrogens is 2. The van der Waals surface area contributed by atoms with E-state index in [-0.39, 0.29) is 11.9 Å². The van der Waals surface area contributed by atoms with Gasteiger partial charge in [-0.1, -0.05) is 12.1 Å². The van der Waals surface area contributed by atoms with Gasteiger partial charge in [-0.05, 0) is 51.3 Å². The molecule has 0 bridgehead atoms. The highest BCUT2D eigenvalue weighted by atomic mass is 16.5. The van der Waals surface area contributed by atoms with E-state index in [1.165, 1.54) is 5.56 Å². The smallest absolute Gasteiger partial charge is 0.256 e. The van der Waals surface area contributed by atoms with Crippen molar-refractivity contribution in [2.75, 3.05) is 25.5 Å². The van der Waals surface area contributed by atoms with Gasteiger partial charge in [0.05, 0.1) is 12.1 Å². The lowest BCUT2D eigenvalue weighted by molar-refractivity contribution is 0.0772. The SMILES string of the molecule is Cc1ccc(C)c(OCCN(C)C(=O)c2cnc(NC(C)C)nc2)c1C. The molecule has 0 radical (unpaired) electrons. The van der Waals surface area contributed by atoms with Gasteiger partial charge in [-0.3, -0.25) is 4.79 Å². The zero-order valence-corrected chi connectivity index (χ0v) is 16.5. The second kappa shape index (κ2) is 8.65. The van der Waals surface area contributed by atoms with E-state index in [1.807, 2.05) is 20.8 Å². The highest BCUT2D eigenvalue weighted by molar-refractivity contribution is 5.93. The van der Waals surface area contributed by atoms with E-state index >= 15 is 0 Å². The summed E-state index contributed by atoms with van der Waals surface area (Å²) >= 11 is 0. The Morgan fingerprint density at radius 3 is 2.38 bits per heavy atom. The molecule has 2 aromatic rings. The van der Waals surface area contributed by atoms with Crippen LogP contribution in [0.3, 0.4) is 0 Å². The summed E-state index contributed by atoms with van der Waals surface area (Å²) < 4.78 is 5.93. The third-order valence-corrected chi connectivity index (χ3v) is 4.21. The number of aryl methyl sites for hydroxylation is 2. The molecular weight excluding hydrogens is 328 g/mol. The summed E-state index contributed by atoms with van der Waals surface area (Å²) in [4.78, 5) is 22.5. The van der Waals surface area contributed by atoms with E-state index in [0.717, 1.165) is 16.9 Å². The molecule has 1 aromatic heterocycles. The molecule has 6 nitrogen and oxygen atoms in total. The molecule has 0 saturated heterocycles. The molecule has 0 unspecified atom stereocenters. The number of nitrogens with one attached hydrogen (secondary N) is 1. The Hall–Kier alpha value is -2.63. The molecule has 0 aliphatic heterocycles. The topological polar surface area (TPSA) is 67.3 Å². The number of benzene rings is 1. The fourth-order valence-electron chi connectivity index (χ4n) is 2.53. The van der Waals surface area contributed by atoms with Crippen LogP contribution in [0.4, 0.5) is 5.95 Å². The van der Waals surface area contributed by atoms with E-state index in [0.29, 0.717) is 24.7 Å². The molecule has 0 saturated carbocycles. The maximum atomic E-state index is 12.5. The van der Waals surface area contributed by atoms with Crippen molar-refractivity contribution in [2.45, 2.75) is 40.7 Å². The molecule has 1 heterocycles. The number of hydrogen-bond acceptors (Lipinski definition) is 5. The van der Waals surface area contributed by atoms with Gasteiger partial charge in [-0.25, -0.2) is 9.97 Å². The third-order valence-electron chi connectivity index (χ3n) is 4.21. The van der Waals surface area contributed by atoms with Gasteiger partial charge >= 0.3 is 0 Å². The molecule has 0 aliphatic carbocycles. The van der Waals surface area contributed by atoms with Crippen molar-refractivity contribution in [2.24, 2.45) is 0 Å². The van der Waals surface area contributed by atoms with Crippen LogP contribution in [0.15, 0.2) is 24.5 Å². The van der Waals surface area contributed by atoms with Crippen LogP contribution in [0.1, 0.15) is 40.9 Å². The normalized spacial score (nSPS) is 10.7. The second-order valence-corrected chi connectivity index (χ2v) is 6.82. The van der Waals surface area contributed by atoms with E-state index in [1.54, 1.807) is 24.3 Å². The lowest BCUT2D eigenvalue weighted by Crippen LogP contribution is -2.31. The van der Waals surface area contributed by atoms with Crippen molar-refractivity contribution in [1.82, 2.24) is 14.9 Å². The molecule has 0 aliphatic rings. The maximum Gasteiger partial charge on any atom is 0.256 e. The minimum absolute atomic E-state index is 0.123. The number of carbonyl (C=O) groups is 1. The Balaban J connectivity index is 1.92.